The van der Waals surface area contributed by atoms with E-state index in [0.717, 1.165) is 0 Å². The molecule has 7 heteroatoms. The molecule has 0 heterocycles. The molecule has 3 N–H and O–H groups in total. The highest BCUT2D eigenvalue weighted by Gasteiger charge is 2.33. The van der Waals surface area contributed by atoms with Crippen LogP contribution in [-0.2, 0) is 18.4 Å². The molecule has 0 radical (unpaired) electrons. The molecule has 16 heavy (non-hydrogen) atoms. The molecule has 0 fully saturated rings. The lowest BCUT2D eigenvalue weighted by Crippen LogP contribution is -2.43. The van der Waals surface area contributed by atoms with Gasteiger partial charge < -0.3 is 20.1 Å². The van der Waals surface area contributed by atoms with Gasteiger partial charge >= 0.3 is 7.60 Å². The monoisotopic (exact) mass is 252 g/mol. The lowest BCUT2D eigenvalue weighted by molar-refractivity contribution is -0.122. The average Bonchev–Trinajstić information content (AvgIpc) is 2.18. The van der Waals surface area contributed by atoms with Gasteiger partial charge in [-0.15, -0.1) is 0 Å². The van der Waals surface area contributed by atoms with E-state index in [9.17, 15) is 9.36 Å². The van der Waals surface area contributed by atoms with Crippen LogP contribution in [0.5, 0.6) is 0 Å². The first-order valence-electron chi connectivity index (χ1n) is 5.32. The molecule has 0 aromatic heterocycles. The predicted octanol–water partition coefficient (Wildman–Crippen LogP) is 1.06. The minimum absolute atomic E-state index is 0.260. The Morgan fingerprint density at radius 1 is 1.31 bits per heavy atom. The molecule has 96 valence electrons. The summed E-state index contributed by atoms with van der Waals surface area (Å²) in [4.78, 5) is 11.3. The first kappa shape index (κ1) is 15.6. The SMILES string of the molecule is CCOP(=O)(OCC)[C@H](C)NC(=O)[C@H](C)N. The molecule has 0 spiro atoms. The highest BCUT2D eigenvalue weighted by Crippen LogP contribution is 2.51. The maximum absolute atomic E-state index is 12.2. The third-order valence-electron chi connectivity index (χ3n) is 1.86. The van der Waals surface area contributed by atoms with E-state index in [-0.39, 0.29) is 19.1 Å². The predicted molar refractivity (Wildman–Crippen MR) is 62.1 cm³/mol. The number of rotatable bonds is 7. The van der Waals surface area contributed by atoms with Crippen molar-refractivity contribution in [3.05, 3.63) is 0 Å². The lowest BCUT2D eigenvalue weighted by Gasteiger charge is -2.24. The van der Waals surface area contributed by atoms with E-state index in [1.165, 1.54) is 0 Å². The van der Waals surface area contributed by atoms with Crippen LogP contribution in [0.15, 0.2) is 0 Å². The first-order chi connectivity index (χ1) is 7.37. The Hall–Kier alpha value is -0.420. The topological polar surface area (TPSA) is 90.6 Å². The van der Waals surface area contributed by atoms with Crippen LogP contribution in [0.25, 0.3) is 0 Å². The summed E-state index contributed by atoms with van der Waals surface area (Å²) < 4.78 is 22.4. The smallest absolute Gasteiger partial charge is 0.341 e. The fraction of sp³-hybridized carbons (Fsp3) is 0.889. The average molecular weight is 252 g/mol. The molecular formula is C9H21N2O4P. The van der Waals surface area contributed by atoms with Crippen molar-refractivity contribution >= 4 is 13.5 Å². The Balaban J connectivity index is 4.56. The quantitative estimate of drug-likeness (QED) is 0.661. The Labute approximate surface area is 96.4 Å². The molecule has 6 nitrogen and oxygen atoms in total. The van der Waals surface area contributed by atoms with E-state index < -0.39 is 19.4 Å². The van der Waals surface area contributed by atoms with Gasteiger partial charge in [-0.05, 0) is 27.7 Å². The summed E-state index contributed by atoms with van der Waals surface area (Å²) in [6, 6.07) is -0.654. The summed E-state index contributed by atoms with van der Waals surface area (Å²) in [7, 11) is -3.29. The van der Waals surface area contributed by atoms with Gasteiger partial charge in [0.05, 0.1) is 19.3 Å². The van der Waals surface area contributed by atoms with Crippen molar-refractivity contribution in [3.8, 4) is 0 Å². The molecule has 0 rings (SSSR count). The van der Waals surface area contributed by atoms with Gasteiger partial charge in [-0.2, -0.15) is 0 Å². The Morgan fingerprint density at radius 3 is 2.06 bits per heavy atom. The molecule has 0 aromatic carbocycles. The Bertz CT molecular complexity index is 260. The molecule has 0 aliphatic heterocycles. The second-order valence-electron chi connectivity index (χ2n) is 3.35. The second-order valence-corrected chi connectivity index (χ2v) is 5.72. The van der Waals surface area contributed by atoms with Gasteiger partial charge in [0.1, 0.15) is 5.78 Å². The fourth-order valence-corrected chi connectivity index (χ4v) is 2.56. The van der Waals surface area contributed by atoms with Crippen molar-refractivity contribution in [2.45, 2.75) is 39.5 Å². The van der Waals surface area contributed by atoms with Crippen LogP contribution in [-0.4, -0.2) is 30.9 Å². The Morgan fingerprint density at radius 2 is 1.75 bits per heavy atom. The summed E-state index contributed by atoms with van der Waals surface area (Å²) in [6.45, 7) is 7.07. The third kappa shape index (κ3) is 4.61. The largest absolute Gasteiger partial charge is 0.352 e. The number of carbonyl (C=O) groups excluding carboxylic acids is 1. The molecule has 0 saturated carbocycles. The van der Waals surface area contributed by atoms with Crippen LogP contribution in [0.3, 0.4) is 0 Å². The van der Waals surface area contributed by atoms with E-state index in [1.54, 1.807) is 27.7 Å². The van der Waals surface area contributed by atoms with Crippen molar-refractivity contribution in [2.24, 2.45) is 5.73 Å². The fourth-order valence-electron chi connectivity index (χ4n) is 1.04. The maximum Gasteiger partial charge on any atom is 0.352 e. The van der Waals surface area contributed by atoms with E-state index in [0.29, 0.717) is 0 Å². The molecule has 0 aliphatic carbocycles. The van der Waals surface area contributed by atoms with E-state index in [1.807, 2.05) is 0 Å². The van der Waals surface area contributed by atoms with Crippen molar-refractivity contribution in [1.82, 2.24) is 5.32 Å². The zero-order chi connectivity index (χ0) is 12.8. The van der Waals surface area contributed by atoms with E-state index >= 15 is 0 Å². The van der Waals surface area contributed by atoms with E-state index in [4.69, 9.17) is 14.8 Å². The zero-order valence-electron chi connectivity index (χ0n) is 10.2. The minimum atomic E-state index is -3.29. The maximum atomic E-state index is 12.2. The second kappa shape index (κ2) is 7.01. The van der Waals surface area contributed by atoms with Gasteiger partial charge in [0.15, 0.2) is 0 Å². The normalized spacial score (nSPS) is 15.6. The highest BCUT2D eigenvalue weighted by atomic mass is 31.2. The number of carbonyl (C=O) groups is 1. The molecule has 0 aromatic rings. The van der Waals surface area contributed by atoms with Gasteiger partial charge in [-0.1, -0.05) is 0 Å². The number of hydrogen-bond acceptors (Lipinski definition) is 5. The number of hydrogen-bond donors (Lipinski definition) is 2. The van der Waals surface area contributed by atoms with Gasteiger partial charge in [0.2, 0.25) is 5.91 Å². The number of amides is 1. The summed E-state index contributed by atoms with van der Waals surface area (Å²) in [5, 5.41) is 2.51. The molecule has 2 atom stereocenters. The van der Waals surface area contributed by atoms with Crippen LogP contribution >= 0.6 is 7.60 Å². The minimum Gasteiger partial charge on any atom is -0.341 e. The van der Waals surface area contributed by atoms with Gasteiger partial charge in [-0.3, -0.25) is 9.36 Å². The van der Waals surface area contributed by atoms with Gasteiger partial charge in [-0.25, -0.2) is 0 Å². The van der Waals surface area contributed by atoms with Gasteiger partial charge in [0.25, 0.3) is 0 Å². The van der Waals surface area contributed by atoms with E-state index in [2.05, 4.69) is 5.32 Å². The molecule has 0 bridgehead atoms. The zero-order valence-corrected chi connectivity index (χ0v) is 11.1. The standard InChI is InChI=1S/C9H21N2O4P/c1-5-14-16(13,15-6-2)8(4)11-9(12)7(3)10/h7-8H,5-6,10H2,1-4H3,(H,11,12)/t7-,8+/m0/s1. The molecule has 1 amide bonds. The van der Waals surface area contributed by atoms with Crippen molar-refractivity contribution in [1.29, 1.82) is 0 Å². The van der Waals surface area contributed by atoms with Crippen molar-refractivity contribution < 1.29 is 18.4 Å². The van der Waals surface area contributed by atoms with Gasteiger partial charge in [0, 0.05) is 0 Å². The first-order valence-corrected chi connectivity index (χ1v) is 6.93. The Kier molecular flexibility index (Phi) is 6.83. The summed E-state index contributed by atoms with van der Waals surface area (Å²) in [5.41, 5.74) is 5.39. The van der Waals surface area contributed by atoms with Crippen LogP contribution in [0.1, 0.15) is 27.7 Å². The molecule has 0 saturated heterocycles. The summed E-state index contributed by atoms with van der Waals surface area (Å²) >= 11 is 0. The lowest BCUT2D eigenvalue weighted by atomic mass is 10.3. The molecular weight excluding hydrogens is 231 g/mol. The molecule has 0 unspecified atom stereocenters. The number of nitrogens with two attached hydrogens (primary N) is 1. The highest BCUT2D eigenvalue weighted by molar-refractivity contribution is 7.54. The third-order valence-corrected chi connectivity index (χ3v) is 4.17. The van der Waals surface area contributed by atoms with Crippen LogP contribution in [0.4, 0.5) is 0 Å². The van der Waals surface area contributed by atoms with Crippen molar-refractivity contribution in [2.75, 3.05) is 13.2 Å². The van der Waals surface area contributed by atoms with Crippen LogP contribution in [0, 0.1) is 0 Å². The summed E-state index contributed by atoms with van der Waals surface area (Å²) in [5.74, 6) is -1.09. The van der Waals surface area contributed by atoms with Crippen LogP contribution in [0.2, 0.25) is 0 Å². The van der Waals surface area contributed by atoms with Crippen LogP contribution < -0.4 is 11.1 Å². The summed E-state index contributed by atoms with van der Waals surface area (Å²) in [6.07, 6.45) is 0. The van der Waals surface area contributed by atoms with Crippen molar-refractivity contribution in [3.63, 3.8) is 0 Å². The molecule has 0 aliphatic rings. The number of nitrogens with one attached hydrogen (secondary N) is 1.